The first kappa shape index (κ1) is 12.7. The molecule has 2 aromatic rings. The number of nitrogens with zero attached hydrogens (tertiary/aromatic N) is 4. The molecule has 0 spiro atoms. The highest BCUT2D eigenvalue weighted by Gasteiger charge is 2.30. The number of benzene rings is 1. The number of hydrogen-bond acceptors (Lipinski definition) is 4. The second-order valence-electron chi connectivity index (χ2n) is 4.67. The summed E-state index contributed by atoms with van der Waals surface area (Å²) in [6.45, 7) is 3.48. The standard InChI is InChI=1S/C14H16FN5/c1-2-19-9-17-7-12(19)13-8-18-14(16)20(13)11-5-3-10(15)4-6-11/h3-7,9,13H,2,8H2,1H3,(H2,16,18). The number of rotatable bonds is 3. The third-order valence-corrected chi connectivity index (χ3v) is 3.52. The molecule has 104 valence electrons. The van der Waals surface area contributed by atoms with E-state index in [-0.39, 0.29) is 11.9 Å². The summed E-state index contributed by atoms with van der Waals surface area (Å²) < 4.78 is 15.1. The molecule has 0 bridgehead atoms. The first-order valence-electron chi connectivity index (χ1n) is 6.55. The molecule has 6 heteroatoms. The minimum atomic E-state index is -0.265. The Balaban J connectivity index is 1.98. The van der Waals surface area contributed by atoms with E-state index >= 15 is 0 Å². The van der Waals surface area contributed by atoms with Crippen LogP contribution in [-0.2, 0) is 6.54 Å². The summed E-state index contributed by atoms with van der Waals surface area (Å²) in [5, 5.41) is 0. The second-order valence-corrected chi connectivity index (χ2v) is 4.67. The van der Waals surface area contributed by atoms with Crippen LogP contribution in [0.15, 0.2) is 41.8 Å². The summed E-state index contributed by atoms with van der Waals surface area (Å²) in [7, 11) is 0. The van der Waals surface area contributed by atoms with Gasteiger partial charge < -0.3 is 15.2 Å². The summed E-state index contributed by atoms with van der Waals surface area (Å²) in [5.41, 5.74) is 7.88. The van der Waals surface area contributed by atoms with E-state index in [1.54, 1.807) is 18.5 Å². The highest BCUT2D eigenvalue weighted by atomic mass is 19.1. The average Bonchev–Trinajstić information content (AvgIpc) is 3.05. The predicted molar refractivity (Wildman–Crippen MR) is 76.0 cm³/mol. The van der Waals surface area contributed by atoms with Gasteiger partial charge in [-0.3, -0.25) is 4.99 Å². The van der Waals surface area contributed by atoms with Gasteiger partial charge in [0.05, 0.1) is 30.8 Å². The number of imidazole rings is 1. The fraction of sp³-hybridized carbons (Fsp3) is 0.286. The highest BCUT2D eigenvalue weighted by molar-refractivity contribution is 5.97. The van der Waals surface area contributed by atoms with Gasteiger partial charge in [0.25, 0.3) is 0 Å². The van der Waals surface area contributed by atoms with Crippen LogP contribution in [0.25, 0.3) is 0 Å². The van der Waals surface area contributed by atoms with Crippen molar-refractivity contribution in [2.45, 2.75) is 19.5 Å². The van der Waals surface area contributed by atoms with E-state index in [1.165, 1.54) is 12.1 Å². The Kier molecular flexibility index (Phi) is 3.14. The second kappa shape index (κ2) is 4.96. The predicted octanol–water partition coefficient (Wildman–Crippen LogP) is 1.92. The first-order valence-corrected chi connectivity index (χ1v) is 6.55. The Hall–Kier alpha value is -2.37. The maximum absolute atomic E-state index is 13.1. The van der Waals surface area contributed by atoms with E-state index in [9.17, 15) is 4.39 Å². The smallest absolute Gasteiger partial charge is 0.196 e. The van der Waals surface area contributed by atoms with Crippen LogP contribution in [0.5, 0.6) is 0 Å². The van der Waals surface area contributed by atoms with Crippen molar-refractivity contribution >= 4 is 11.6 Å². The van der Waals surface area contributed by atoms with Crippen molar-refractivity contribution in [2.75, 3.05) is 11.4 Å². The molecular formula is C14H16FN5. The molecule has 0 aliphatic carbocycles. The van der Waals surface area contributed by atoms with Crippen molar-refractivity contribution in [3.05, 3.63) is 48.3 Å². The summed E-state index contributed by atoms with van der Waals surface area (Å²) in [4.78, 5) is 10.4. The van der Waals surface area contributed by atoms with Crippen molar-refractivity contribution in [1.82, 2.24) is 9.55 Å². The summed E-state index contributed by atoms with van der Waals surface area (Å²) in [6.07, 6.45) is 3.63. The number of nitrogens with two attached hydrogens (primary N) is 1. The topological polar surface area (TPSA) is 59.4 Å². The number of anilines is 1. The van der Waals surface area contributed by atoms with Gasteiger partial charge in [0, 0.05) is 12.2 Å². The molecule has 1 unspecified atom stereocenters. The van der Waals surface area contributed by atoms with Crippen molar-refractivity contribution < 1.29 is 4.39 Å². The molecular weight excluding hydrogens is 257 g/mol. The van der Waals surface area contributed by atoms with Gasteiger partial charge >= 0.3 is 0 Å². The van der Waals surface area contributed by atoms with Crippen molar-refractivity contribution in [3.8, 4) is 0 Å². The molecule has 0 fully saturated rings. The Morgan fingerprint density at radius 2 is 2.10 bits per heavy atom. The Bertz CT molecular complexity index is 631. The molecule has 1 aromatic heterocycles. The molecule has 5 nitrogen and oxygen atoms in total. The molecule has 1 atom stereocenters. The van der Waals surface area contributed by atoms with Gasteiger partial charge in [-0.15, -0.1) is 0 Å². The van der Waals surface area contributed by atoms with Crippen LogP contribution in [0.4, 0.5) is 10.1 Å². The molecule has 0 saturated carbocycles. The van der Waals surface area contributed by atoms with Gasteiger partial charge in [0.15, 0.2) is 5.96 Å². The zero-order valence-corrected chi connectivity index (χ0v) is 11.2. The quantitative estimate of drug-likeness (QED) is 0.929. The van der Waals surface area contributed by atoms with Gasteiger partial charge in [-0.25, -0.2) is 9.37 Å². The van der Waals surface area contributed by atoms with Crippen LogP contribution >= 0.6 is 0 Å². The number of hydrogen-bond donors (Lipinski definition) is 1. The van der Waals surface area contributed by atoms with E-state index in [2.05, 4.69) is 21.5 Å². The molecule has 2 heterocycles. The van der Waals surface area contributed by atoms with Gasteiger partial charge in [-0.05, 0) is 31.2 Å². The van der Waals surface area contributed by atoms with Crippen LogP contribution < -0.4 is 10.6 Å². The maximum atomic E-state index is 13.1. The lowest BCUT2D eigenvalue weighted by Crippen LogP contribution is -2.36. The van der Waals surface area contributed by atoms with Crippen molar-refractivity contribution in [3.63, 3.8) is 0 Å². The van der Waals surface area contributed by atoms with Crippen molar-refractivity contribution in [1.29, 1.82) is 0 Å². The maximum Gasteiger partial charge on any atom is 0.196 e. The van der Waals surface area contributed by atoms with E-state index in [4.69, 9.17) is 5.73 Å². The summed E-state index contributed by atoms with van der Waals surface area (Å²) >= 11 is 0. The fourth-order valence-electron chi connectivity index (χ4n) is 2.51. The average molecular weight is 273 g/mol. The van der Waals surface area contributed by atoms with Crippen LogP contribution in [0, 0.1) is 5.82 Å². The zero-order valence-electron chi connectivity index (χ0n) is 11.2. The summed E-state index contributed by atoms with van der Waals surface area (Å²) in [5.74, 6) is 0.184. The molecule has 1 aliphatic rings. The molecule has 0 saturated heterocycles. The van der Waals surface area contributed by atoms with Gasteiger partial charge in [0.2, 0.25) is 0 Å². The zero-order chi connectivity index (χ0) is 14.1. The number of aryl methyl sites for hydroxylation is 1. The molecule has 3 rings (SSSR count). The minimum Gasteiger partial charge on any atom is -0.369 e. The fourth-order valence-corrected chi connectivity index (χ4v) is 2.51. The van der Waals surface area contributed by atoms with E-state index in [1.807, 2.05) is 11.1 Å². The highest BCUT2D eigenvalue weighted by Crippen LogP contribution is 2.30. The minimum absolute atomic E-state index is 0.00270. The van der Waals surface area contributed by atoms with Crippen LogP contribution in [0.2, 0.25) is 0 Å². The molecule has 0 radical (unpaired) electrons. The van der Waals surface area contributed by atoms with Crippen LogP contribution in [0.3, 0.4) is 0 Å². The lowest BCUT2D eigenvalue weighted by molar-refractivity contribution is 0.625. The van der Waals surface area contributed by atoms with E-state index in [0.29, 0.717) is 12.5 Å². The lowest BCUT2D eigenvalue weighted by atomic mass is 10.1. The largest absolute Gasteiger partial charge is 0.369 e. The molecule has 2 N–H and O–H groups in total. The number of aliphatic imine (C=N–C) groups is 1. The van der Waals surface area contributed by atoms with E-state index < -0.39 is 0 Å². The SMILES string of the molecule is CCn1cncc1C1CN=C(N)N1c1ccc(F)cc1. The third kappa shape index (κ3) is 2.03. The van der Waals surface area contributed by atoms with Crippen LogP contribution in [0.1, 0.15) is 18.7 Å². The lowest BCUT2D eigenvalue weighted by Gasteiger charge is -2.26. The first-order chi connectivity index (χ1) is 9.70. The molecule has 0 amide bonds. The third-order valence-electron chi connectivity index (χ3n) is 3.52. The number of guanidine groups is 1. The van der Waals surface area contributed by atoms with Gasteiger partial charge in [-0.1, -0.05) is 0 Å². The van der Waals surface area contributed by atoms with Gasteiger partial charge in [-0.2, -0.15) is 0 Å². The normalized spacial score (nSPS) is 18.4. The van der Waals surface area contributed by atoms with E-state index in [0.717, 1.165) is 17.9 Å². The monoisotopic (exact) mass is 273 g/mol. The molecule has 1 aliphatic heterocycles. The number of halogens is 1. The van der Waals surface area contributed by atoms with Gasteiger partial charge in [0.1, 0.15) is 5.82 Å². The van der Waals surface area contributed by atoms with Crippen molar-refractivity contribution in [2.24, 2.45) is 10.7 Å². The molecule has 20 heavy (non-hydrogen) atoms. The van der Waals surface area contributed by atoms with Crippen LogP contribution in [-0.4, -0.2) is 22.1 Å². The Morgan fingerprint density at radius 1 is 1.35 bits per heavy atom. The Labute approximate surface area is 116 Å². The molecule has 1 aromatic carbocycles. The number of aromatic nitrogens is 2. The Morgan fingerprint density at radius 3 is 2.80 bits per heavy atom. The summed E-state index contributed by atoms with van der Waals surface area (Å²) in [6, 6.07) is 6.28.